The number of methoxy groups -OCH3 is 6. The minimum atomic E-state index is -0.314. The molecule has 84 heavy (non-hydrogen) atoms. The number of amides is 2. The smallest absolute Gasteiger partial charge is 0.267 e. The highest BCUT2D eigenvalue weighted by atomic mass is 35.5. The molecule has 4 heterocycles. The lowest BCUT2D eigenvalue weighted by Gasteiger charge is -2.32. The molecule has 0 bridgehead atoms. The van der Waals surface area contributed by atoms with Gasteiger partial charge >= 0.3 is 0 Å². The summed E-state index contributed by atoms with van der Waals surface area (Å²) in [5.41, 5.74) is 10.7. The van der Waals surface area contributed by atoms with Gasteiger partial charge in [0.1, 0.15) is 23.0 Å². The van der Waals surface area contributed by atoms with Gasteiger partial charge in [0, 0.05) is 126 Å². The van der Waals surface area contributed by atoms with E-state index in [4.69, 9.17) is 55.2 Å². The maximum atomic E-state index is 11.7. The van der Waals surface area contributed by atoms with Crippen LogP contribution in [0.5, 0.6) is 46.3 Å². The summed E-state index contributed by atoms with van der Waals surface area (Å²) in [7, 11) is 11.9. The van der Waals surface area contributed by atoms with Crippen LogP contribution in [0.2, 0.25) is 5.28 Å². The summed E-state index contributed by atoms with van der Waals surface area (Å²) in [4.78, 5) is 49.5. The van der Waals surface area contributed by atoms with Gasteiger partial charge in [-0.05, 0) is 98.0 Å². The van der Waals surface area contributed by atoms with Crippen LogP contribution < -0.4 is 59.9 Å². The number of likely N-dealkylation sites (N-methyl/N-ethyl adjacent to an activating group) is 1. The Kier molecular flexibility index (Phi) is 25.3. The largest absolute Gasteiger partial charge is 0.495 e. The van der Waals surface area contributed by atoms with Crippen molar-refractivity contribution in [2.75, 3.05) is 134 Å². The van der Waals surface area contributed by atoms with Crippen LogP contribution in [0.4, 0.5) is 40.1 Å². The number of likely N-dealkylation sites (tertiary alicyclic amines) is 2. The van der Waals surface area contributed by atoms with Gasteiger partial charge in [0.2, 0.25) is 23.0 Å². The highest BCUT2D eigenvalue weighted by molar-refractivity contribution is 7.59. The van der Waals surface area contributed by atoms with Crippen LogP contribution in [0.25, 0.3) is 0 Å². The van der Waals surface area contributed by atoms with Crippen molar-refractivity contribution < 1.29 is 47.5 Å². The summed E-state index contributed by atoms with van der Waals surface area (Å²) in [6.45, 7) is 14.7. The zero-order valence-electron chi connectivity index (χ0n) is 48.6. The molecule has 0 spiro atoms. The van der Waals surface area contributed by atoms with Crippen LogP contribution >= 0.6 is 25.1 Å². The highest BCUT2D eigenvalue weighted by Gasteiger charge is 2.38. The molecule has 3 fully saturated rings. The van der Waals surface area contributed by atoms with E-state index in [1.807, 2.05) is 18.2 Å². The molecule has 0 radical (unpaired) electrons. The molecule has 2 saturated heterocycles. The van der Waals surface area contributed by atoms with E-state index in [-0.39, 0.29) is 42.4 Å². The van der Waals surface area contributed by atoms with E-state index in [1.165, 1.54) is 51.8 Å². The average molecular weight is 1190 g/mol. The van der Waals surface area contributed by atoms with Crippen molar-refractivity contribution in [2.45, 2.75) is 43.8 Å². The number of nitrogens with zero attached hydrogens (tertiary/aromatic N) is 8. The molecule has 22 nitrogen and oxygen atoms in total. The molecular weight excluding hydrogens is 1120 g/mol. The number of nitrogen functional groups attached to an aromatic ring is 1. The van der Waals surface area contributed by atoms with E-state index in [0.717, 1.165) is 81.7 Å². The number of hydrogen-bond acceptors (Lipinski definition) is 20. The predicted molar refractivity (Wildman–Crippen MR) is 334 cm³/mol. The number of carbonyl (C=O) groups is 2. The van der Waals surface area contributed by atoms with E-state index in [0.29, 0.717) is 69.9 Å². The number of ether oxygens (including phenoxy) is 8. The third-order valence-corrected chi connectivity index (χ3v) is 14.0. The van der Waals surface area contributed by atoms with Crippen molar-refractivity contribution in [1.82, 2.24) is 29.7 Å². The Labute approximate surface area is 503 Å². The fraction of sp³-hybridized carbons (Fsp3) is 0.367. The van der Waals surface area contributed by atoms with Crippen molar-refractivity contribution in [3.63, 3.8) is 0 Å². The molecular formula is C60H77ClN12O10S. The van der Waals surface area contributed by atoms with Crippen LogP contribution in [-0.2, 0) is 19.1 Å². The monoisotopic (exact) mass is 1190 g/mol. The minimum Gasteiger partial charge on any atom is -0.495 e. The first-order valence-electron chi connectivity index (χ1n) is 27.0. The van der Waals surface area contributed by atoms with Crippen LogP contribution in [0.15, 0.2) is 123 Å². The SMILES string of the molecule is C=CC(=O)Nc1cccc(Oc2nc(Cl)ncc2OC)c1.C=CC(=O)Nc1cccc(Oc2nc(Nc3ccc(N(C4CC4)[C@H]4CCN(CCOC)C4)cc3OC)ncc2OC)c1.COCCN1CC[C@H](N(C)c2ccc(N)c(OC)c2)C1.S. The van der Waals surface area contributed by atoms with Gasteiger partial charge in [-0.3, -0.25) is 19.4 Å². The second-order valence-electron chi connectivity index (χ2n) is 19.4. The normalized spacial score (nSPS) is 15.3. The summed E-state index contributed by atoms with van der Waals surface area (Å²) >= 11 is 5.73. The minimum absolute atomic E-state index is 0. The number of nitrogens with two attached hydrogens (primary N) is 1. The Hall–Kier alpha value is -8.06. The van der Waals surface area contributed by atoms with Crippen molar-refractivity contribution in [3.8, 4) is 46.3 Å². The van der Waals surface area contributed by atoms with Crippen molar-refractivity contribution in [3.05, 3.63) is 128 Å². The Morgan fingerprint density at radius 3 is 1.73 bits per heavy atom. The number of benzene rings is 4. The first-order chi connectivity index (χ1) is 40.3. The maximum Gasteiger partial charge on any atom is 0.267 e. The van der Waals surface area contributed by atoms with E-state index < -0.39 is 0 Å². The van der Waals surface area contributed by atoms with E-state index in [2.05, 4.69) is 93.9 Å². The Morgan fingerprint density at radius 2 is 1.18 bits per heavy atom. The van der Waals surface area contributed by atoms with Crippen molar-refractivity contribution >= 4 is 77.0 Å². The molecule has 1 saturated carbocycles. The van der Waals surface area contributed by atoms with Crippen molar-refractivity contribution in [1.29, 1.82) is 0 Å². The van der Waals surface area contributed by atoms with Gasteiger partial charge in [0.05, 0.1) is 65.4 Å². The zero-order chi connectivity index (χ0) is 59.3. The van der Waals surface area contributed by atoms with Crippen LogP contribution in [0.3, 0.4) is 0 Å². The molecule has 24 heteroatoms. The fourth-order valence-corrected chi connectivity index (χ4v) is 9.47. The molecule has 2 amide bonds. The molecule has 4 aromatic carbocycles. The lowest BCUT2D eigenvalue weighted by molar-refractivity contribution is -0.112. The first kappa shape index (κ1) is 65.1. The van der Waals surface area contributed by atoms with Crippen LogP contribution in [-0.4, -0.2) is 162 Å². The predicted octanol–water partition coefficient (Wildman–Crippen LogP) is 9.45. The fourth-order valence-electron chi connectivity index (χ4n) is 9.34. The standard InChI is InChI=1S/C31H38N6O5.C15H25N3O2.C14H12ClN3O3.H2S/c1-5-29(38)33-21-7-6-8-25(17-21)42-30-28(41-4)19-32-31(35-30)34-26-12-11-23(18-27(26)40-3)37(22-9-10-22)24-13-14-36(20-24)15-16-39-2;1-17(12-4-5-14(16)15(10-12)20-3)13-6-7-18(11-13)8-9-19-2;1-3-12(19)17-9-5-4-6-10(7-9)21-13-11(20-2)8-16-14(15)18-13;/h5-8,11-12,17-19,22,24H,1,9-10,13-16,20H2,2-4H3,(H,33,38)(H,32,34,35);4-5,10,13H,6-9,11,16H2,1-3H3;3-8H,1H2,2H3,(H,17,19);1H2/t24-;13-;;/m00../s1. The third kappa shape index (κ3) is 18.7. The summed E-state index contributed by atoms with van der Waals surface area (Å²) < 4.78 is 43.7. The van der Waals surface area contributed by atoms with Gasteiger partial charge in [0.25, 0.3) is 11.8 Å². The summed E-state index contributed by atoms with van der Waals surface area (Å²) in [5.74, 6) is 3.17. The van der Waals surface area contributed by atoms with Crippen LogP contribution in [0, 0.1) is 0 Å². The lowest BCUT2D eigenvalue weighted by Crippen LogP contribution is -2.39. The summed E-state index contributed by atoms with van der Waals surface area (Å²) in [6.07, 6.45) is 10.1. The number of carbonyl (C=O) groups excluding carboxylic acids is 2. The molecule has 1 aliphatic carbocycles. The molecule has 0 unspecified atom stereocenters. The van der Waals surface area contributed by atoms with Gasteiger partial charge in [-0.1, -0.05) is 25.3 Å². The number of hydrogen-bond donors (Lipinski definition) is 4. The second kappa shape index (κ2) is 32.7. The van der Waals surface area contributed by atoms with Crippen LogP contribution in [0.1, 0.15) is 25.7 Å². The summed E-state index contributed by atoms with van der Waals surface area (Å²) in [6, 6.07) is 27.5. The summed E-state index contributed by atoms with van der Waals surface area (Å²) in [5, 5.41) is 8.66. The van der Waals surface area contributed by atoms with E-state index in [1.54, 1.807) is 83.2 Å². The molecule has 3 aliphatic rings. The molecule has 9 rings (SSSR count). The quantitative estimate of drug-likeness (QED) is 0.0237. The molecule has 5 N–H and O–H groups in total. The van der Waals surface area contributed by atoms with E-state index in [9.17, 15) is 9.59 Å². The molecule has 2 aromatic heterocycles. The Bertz CT molecular complexity index is 3130. The molecule has 2 aliphatic heterocycles. The number of rotatable bonds is 25. The Morgan fingerprint density at radius 1 is 0.655 bits per heavy atom. The second-order valence-corrected chi connectivity index (χ2v) is 19.7. The number of aromatic nitrogens is 4. The topological polar surface area (TPSA) is 235 Å². The third-order valence-electron chi connectivity index (χ3n) is 13.8. The van der Waals surface area contributed by atoms with Gasteiger partial charge in [-0.15, -0.1) is 0 Å². The Balaban J connectivity index is 0.000000225. The first-order valence-corrected chi connectivity index (χ1v) is 27.4. The number of anilines is 7. The molecule has 6 aromatic rings. The van der Waals surface area contributed by atoms with Crippen molar-refractivity contribution in [2.24, 2.45) is 0 Å². The van der Waals surface area contributed by atoms with Gasteiger partial charge in [-0.2, -0.15) is 23.5 Å². The van der Waals surface area contributed by atoms with Gasteiger partial charge in [-0.25, -0.2) is 9.97 Å². The molecule has 2 atom stereocenters. The average Bonchev–Trinajstić information content (AvgIpc) is 3.43. The number of halogens is 1. The highest BCUT2D eigenvalue weighted by Crippen LogP contribution is 2.41. The van der Waals surface area contributed by atoms with E-state index >= 15 is 0 Å². The zero-order valence-corrected chi connectivity index (χ0v) is 50.4. The molecule has 450 valence electrons. The maximum absolute atomic E-state index is 11.7. The lowest BCUT2D eigenvalue weighted by atomic mass is 10.1. The van der Waals surface area contributed by atoms with Gasteiger partial charge in [0.15, 0.2) is 11.5 Å². The van der Waals surface area contributed by atoms with Gasteiger partial charge < -0.3 is 69.4 Å². The number of nitrogens with one attached hydrogen (secondary N) is 3.